The van der Waals surface area contributed by atoms with Crippen LogP contribution in [0.1, 0.15) is 23.2 Å². The van der Waals surface area contributed by atoms with Gasteiger partial charge in [-0.3, -0.25) is 0 Å². The van der Waals surface area contributed by atoms with Crippen LogP contribution in [0.2, 0.25) is 0 Å². The first kappa shape index (κ1) is 22.8. The van der Waals surface area contributed by atoms with Gasteiger partial charge in [0.25, 0.3) is 0 Å². The highest BCUT2D eigenvalue weighted by Gasteiger charge is 2.33. The largest absolute Gasteiger partial charge is 0.434 e. The molecule has 0 saturated heterocycles. The van der Waals surface area contributed by atoms with Crippen LogP contribution in [0.15, 0.2) is 28.6 Å². The predicted molar refractivity (Wildman–Crippen MR) is 96.7 cm³/mol. The topological polar surface area (TPSA) is 58.5 Å². The predicted octanol–water partition coefficient (Wildman–Crippen LogP) is 4.20. The van der Waals surface area contributed by atoms with E-state index < -0.39 is 24.3 Å². The number of halogens is 6. The highest BCUT2D eigenvalue weighted by molar-refractivity contribution is 7.09. The molecule has 2 aromatic rings. The fourth-order valence-corrected chi connectivity index (χ4v) is 3.05. The summed E-state index contributed by atoms with van der Waals surface area (Å²) >= 11 is 0.893. The fraction of sp³-hybridized carbons (Fsp3) is 0.412. The second kappa shape index (κ2) is 10.3. The molecule has 0 fully saturated rings. The maximum Gasteiger partial charge on any atom is 0.434 e. The molecule has 0 aliphatic carbocycles. The van der Waals surface area contributed by atoms with E-state index in [1.807, 2.05) is 0 Å². The van der Waals surface area contributed by atoms with Gasteiger partial charge >= 0.3 is 12.8 Å². The minimum atomic E-state index is -4.49. The van der Waals surface area contributed by atoms with Gasteiger partial charge in [-0.05, 0) is 19.1 Å². The summed E-state index contributed by atoms with van der Waals surface area (Å²) in [6.07, 6.45) is -4.28. The molecule has 0 spiro atoms. The van der Waals surface area contributed by atoms with E-state index in [0.29, 0.717) is 11.6 Å². The number of nitrogens with zero attached hydrogens (tertiary/aromatic N) is 2. The number of hydrogen-bond donors (Lipinski definition) is 2. The molecule has 0 aliphatic heterocycles. The number of hydrogen-bond acceptors (Lipinski definition) is 4. The highest BCUT2D eigenvalue weighted by Crippen LogP contribution is 2.30. The zero-order valence-electron chi connectivity index (χ0n) is 15.2. The molecular weight excluding hydrogens is 422 g/mol. The molecular formula is C17H18F6N4OS. The van der Waals surface area contributed by atoms with E-state index in [2.05, 4.69) is 25.3 Å². The van der Waals surface area contributed by atoms with E-state index in [4.69, 9.17) is 0 Å². The number of ether oxygens (including phenoxy) is 1. The van der Waals surface area contributed by atoms with Crippen LogP contribution >= 0.6 is 11.3 Å². The Morgan fingerprint density at radius 1 is 1.28 bits per heavy atom. The summed E-state index contributed by atoms with van der Waals surface area (Å²) in [6.45, 7) is -0.930. The summed E-state index contributed by atoms with van der Waals surface area (Å²) in [7, 11) is 0. The third-order valence-corrected chi connectivity index (χ3v) is 4.41. The Morgan fingerprint density at radius 3 is 2.66 bits per heavy atom. The van der Waals surface area contributed by atoms with Crippen molar-refractivity contribution in [1.82, 2.24) is 15.6 Å². The third-order valence-electron chi connectivity index (χ3n) is 3.50. The standard InChI is InChI=1S/C17H18F6N4OS/c1-2-24-16(25-7-6-14-27-13(9-29-14)17(21,22)23)26-8-10-11(18)4-3-5-12(10)28-15(19)20/h3-5,9,15H,2,6-8H2,1H3,(H2,24,25,26). The van der Waals surface area contributed by atoms with E-state index in [9.17, 15) is 26.3 Å². The summed E-state index contributed by atoms with van der Waals surface area (Å²) in [6, 6.07) is 3.55. The van der Waals surface area contributed by atoms with Gasteiger partial charge in [0.05, 0.1) is 17.1 Å². The summed E-state index contributed by atoms with van der Waals surface area (Å²) in [4.78, 5) is 7.65. The summed E-state index contributed by atoms with van der Waals surface area (Å²) in [5, 5.41) is 6.99. The number of aromatic nitrogens is 1. The van der Waals surface area contributed by atoms with Gasteiger partial charge in [0, 0.05) is 24.9 Å². The molecule has 1 aromatic carbocycles. The number of aliphatic imine (C=N–C) groups is 1. The lowest BCUT2D eigenvalue weighted by Crippen LogP contribution is -2.38. The van der Waals surface area contributed by atoms with Crippen molar-refractivity contribution in [3.05, 3.63) is 45.7 Å². The number of nitrogens with one attached hydrogen (secondary N) is 2. The fourth-order valence-electron chi connectivity index (χ4n) is 2.24. The molecule has 0 radical (unpaired) electrons. The van der Waals surface area contributed by atoms with Crippen LogP contribution in [0.5, 0.6) is 5.75 Å². The van der Waals surface area contributed by atoms with Crippen LogP contribution in [0.3, 0.4) is 0 Å². The van der Waals surface area contributed by atoms with Crippen LogP contribution in [-0.4, -0.2) is 30.6 Å². The molecule has 0 amide bonds. The highest BCUT2D eigenvalue weighted by atomic mass is 32.1. The minimum Gasteiger partial charge on any atom is -0.434 e. The van der Waals surface area contributed by atoms with Crippen molar-refractivity contribution in [1.29, 1.82) is 0 Å². The molecule has 160 valence electrons. The maximum absolute atomic E-state index is 14.0. The number of rotatable bonds is 8. The van der Waals surface area contributed by atoms with E-state index in [-0.39, 0.29) is 36.8 Å². The van der Waals surface area contributed by atoms with Gasteiger partial charge in [0.2, 0.25) is 0 Å². The molecule has 2 N–H and O–H groups in total. The van der Waals surface area contributed by atoms with Crippen molar-refractivity contribution < 1.29 is 31.1 Å². The Bertz CT molecular complexity index is 824. The minimum absolute atomic E-state index is 0.139. The van der Waals surface area contributed by atoms with Crippen molar-refractivity contribution >= 4 is 17.3 Å². The van der Waals surface area contributed by atoms with E-state index in [1.165, 1.54) is 12.1 Å². The average molecular weight is 440 g/mol. The Balaban J connectivity index is 2.01. The molecule has 1 aromatic heterocycles. The SMILES string of the molecule is CCNC(=NCc1c(F)cccc1OC(F)F)NCCc1nc(C(F)(F)F)cs1. The van der Waals surface area contributed by atoms with E-state index in [1.54, 1.807) is 6.92 Å². The van der Waals surface area contributed by atoms with Crippen LogP contribution in [0, 0.1) is 5.82 Å². The molecule has 0 unspecified atom stereocenters. The van der Waals surface area contributed by atoms with Gasteiger partial charge in [0.15, 0.2) is 11.7 Å². The molecule has 2 rings (SSSR count). The first-order valence-electron chi connectivity index (χ1n) is 8.46. The second-order valence-corrected chi connectivity index (χ2v) is 6.53. The molecule has 1 heterocycles. The summed E-state index contributed by atoms with van der Waals surface area (Å²) in [5.41, 5.74) is -1.08. The van der Waals surface area contributed by atoms with Gasteiger partial charge in [0.1, 0.15) is 11.6 Å². The van der Waals surface area contributed by atoms with Crippen molar-refractivity contribution in [2.45, 2.75) is 32.7 Å². The third kappa shape index (κ3) is 7.11. The molecule has 0 aliphatic rings. The van der Waals surface area contributed by atoms with Crippen molar-refractivity contribution in [3.63, 3.8) is 0 Å². The first-order chi connectivity index (χ1) is 13.7. The van der Waals surface area contributed by atoms with Crippen molar-refractivity contribution in [2.75, 3.05) is 13.1 Å². The number of alkyl halides is 5. The van der Waals surface area contributed by atoms with Gasteiger partial charge in [-0.2, -0.15) is 22.0 Å². The van der Waals surface area contributed by atoms with E-state index in [0.717, 1.165) is 22.8 Å². The normalized spacial score (nSPS) is 12.3. The number of thiazole rings is 1. The van der Waals surface area contributed by atoms with Crippen LogP contribution in [0.25, 0.3) is 0 Å². The Kier molecular flexibility index (Phi) is 8.11. The molecule has 0 saturated carbocycles. The summed E-state index contributed by atoms with van der Waals surface area (Å²) < 4.78 is 80.9. The van der Waals surface area contributed by atoms with Crippen LogP contribution < -0.4 is 15.4 Å². The zero-order valence-corrected chi connectivity index (χ0v) is 16.0. The van der Waals surface area contributed by atoms with Crippen molar-refractivity contribution in [2.24, 2.45) is 4.99 Å². The smallest absolute Gasteiger partial charge is 0.434 e. The van der Waals surface area contributed by atoms with E-state index >= 15 is 0 Å². The van der Waals surface area contributed by atoms with Gasteiger partial charge in [-0.15, -0.1) is 11.3 Å². The zero-order chi connectivity index (χ0) is 21.4. The Morgan fingerprint density at radius 2 is 2.03 bits per heavy atom. The molecule has 12 heteroatoms. The Hall–Kier alpha value is -2.50. The monoisotopic (exact) mass is 440 g/mol. The van der Waals surface area contributed by atoms with Crippen molar-refractivity contribution in [3.8, 4) is 5.75 Å². The van der Waals surface area contributed by atoms with Gasteiger partial charge in [-0.1, -0.05) is 6.07 Å². The average Bonchev–Trinajstić information content (AvgIpc) is 3.10. The Labute approximate surface area is 166 Å². The number of guanidine groups is 1. The molecule has 0 atom stereocenters. The molecule has 0 bridgehead atoms. The van der Waals surface area contributed by atoms with Gasteiger partial charge < -0.3 is 15.4 Å². The van der Waals surface area contributed by atoms with Gasteiger partial charge in [-0.25, -0.2) is 14.4 Å². The lowest BCUT2D eigenvalue weighted by atomic mass is 10.2. The quantitative estimate of drug-likeness (QED) is 0.367. The van der Waals surface area contributed by atoms with Crippen LogP contribution in [0.4, 0.5) is 26.3 Å². The molecule has 29 heavy (non-hydrogen) atoms. The number of benzene rings is 1. The summed E-state index contributed by atoms with van der Waals surface area (Å²) in [5.74, 6) is -0.821. The maximum atomic E-state index is 14.0. The second-order valence-electron chi connectivity index (χ2n) is 5.59. The first-order valence-corrected chi connectivity index (χ1v) is 9.34. The van der Waals surface area contributed by atoms with Crippen LogP contribution in [-0.2, 0) is 19.1 Å². The molecule has 5 nitrogen and oxygen atoms in total. The lowest BCUT2D eigenvalue weighted by molar-refractivity contribution is -0.140. The lowest BCUT2D eigenvalue weighted by Gasteiger charge is -2.13.